The van der Waals surface area contributed by atoms with Gasteiger partial charge in [0.05, 0.1) is 6.61 Å². The molecule has 4 heteroatoms. The van der Waals surface area contributed by atoms with Crippen LogP contribution in [-0.2, 0) is 9.53 Å². The van der Waals surface area contributed by atoms with Crippen LogP contribution in [-0.4, -0.2) is 23.9 Å². The van der Waals surface area contributed by atoms with Crippen molar-refractivity contribution < 1.29 is 9.53 Å². The van der Waals surface area contributed by atoms with Crippen molar-refractivity contribution in [1.29, 1.82) is 0 Å². The highest BCUT2D eigenvalue weighted by Crippen LogP contribution is 1.82. The molecular formula is C9H12ClNO2. The van der Waals surface area contributed by atoms with E-state index in [0.29, 0.717) is 19.0 Å². The van der Waals surface area contributed by atoms with Crippen molar-refractivity contribution in [3.8, 4) is 0 Å². The van der Waals surface area contributed by atoms with E-state index in [1.54, 1.807) is 12.4 Å². The highest BCUT2D eigenvalue weighted by molar-refractivity contribution is 6.17. The molecule has 0 spiro atoms. The molecule has 0 atom stereocenters. The third-order valence-electron chi connectivity index (χ3n) is 1.03. The quantitative estimate of drug-likeness (QED) is 0.424. The number of hydrogen-bond donors (Lipinski definition) is 0. The van der Waals surface area contributed by atoms with Crippen LogP contribution in [0.4, 0.5) is 0 Å². The molecule has 1 heterocycles. The maximum atomic E-state index is 9.41. The van der Waals surface area contributed by atoms with E-state index in [-0.39, 0.29) is 0 Å². The van der Waals surface area contributed by atoms with Crippen molar-refractivity contribution in [2.45, 2.75) is 6.42 Å². The summed E-state index contributed by atoms with van der Waals surface area (Å²) in [5, 5.41) is 0. The Labute approximate surface area is 82.7 Å². The summed E-state index contributed by atoms with van der Waals surface area (Å²) in [4.78, 5) is 13.2. The van der Waals surface area contributed by atoms with Crippen LogP contribution in [0.25, 0.3) is 0 Å². The van der Waals surface area contributed by atoms with Crippen LogP contribution in [0.2, 0.25) is 0 Å². The molecule has 0 aromatic carbocycles. The average molecular weight is 202 g/mol. The molecule has 0 aliphatic heterocycles. The number of aromatic nitrogens is 1. The van der Waals surface area contributed by atoms with Gasteiger partial charge in [-0.1, -0.05) is 6.07 Å². The lowest BCUT2D eigenvalue weighted by atomic mass is 10.5. The largest absolute Gasteiger partial charge is 0.468 e. The highest BCUT2D eigenvalue weighted by atomic mass is 35.5. The number of carbonyl (C=O) groups excluding carboxylic acids is 1. The molecular weight excluding hydrogens is 190 g/mol. The van der Waals surface area contributed by atoms with E-state index in [0.717, 1.165) is 6.42 Å². The Morgan fingerprint density at radius 3 is 2.31 bits per heavy atom. The third kappa shape index (κ3) is 10.9. The summed E-state index contributed by atoms with van der Waals surface area (Å²) >= 11 is 5.24. The fourth-order valence-electron chi connectivity index (χ4n) is 0.499. The summed E-state index contributed by atoms with van der Waals surface area (Å²) in [5.41, 5.74) is 0. The monoisotopic (exact) mass is 201 g/mol. The second-order valence-electron chi connectivity index (χ2n) is 2.03. The van der Waals surface area contributed by atoms with Gasteiger partial charge in [0.2, 0.25) is 0 Å². The summed E-state index contributed by atoms with van der Waals surface area (Å²) < 4.78 is 4.31. The molecule has 1 aromatic heterocycles. The summed E-state index contributed by atoms with van der Waals surface area (Å²) in [6.07, 6.45) is 4.24. The van der Waals surface area contributed by atoms with Crippen LogP contribution in [0.5, 0.6) is 0 Å². The summed E-state index contributed by atoms with van der Waals surface area (Å²) in [6, 6.07) is 5.72. The fraction of sp³-hybridized carbons (Fsp3) is 0.333. The van der Waals surface area contributed by atoms with E-state index in [9.17, 15) is 4.79 Å². The summed E-state index contributed by atoms with van der Waals surface area (Å²) in [6.45, 7) is 0.861. The maximum Gasteiger partial charge on any atom is 0.293 e. The zero-order valence-corrected chi connectivity index (χ0v) is 7.98. The minimum absolute atomic E-state index is 0.423. The standard InChI is InChI=1S/C5H5N.C4H7ClO2/c1-2-4-6-5-3-1;5-2-1-3-7-4-6/h1-5H;4H,1-3H2. The number of halogens is 1. The van der Waals surface area contributed by atoms with E-state index in [1.807, 2.05) is 18.2 Å². The molecule has 0 fully saturated rings. The number of nitrogens with zero attached hydrogens (tertiary/aromatic N) is 1. The smallest absolute Gasteiger partial charge is 0.293 e. The molecule has 1 aromatic rings. The van der Waals surface area contributed by atoms with Gasteiger partial charge in [-0.15, -0.1) is 11.6 Å². The molecule has 0 saturated heterocycles. The fourth-order valence-corrected chi connectivity index (χ4v) is 0.608. The molecule has 0 aliphatic rings. The molecule has 3 nitrogen and oxygen atoms in total. The van der Waals surface area contributed by atoms with Gasteiger partial charge in [-0.3, -0.25) is 9.78 Å². The number of pyridine rings is 1. The summed E-state index contributed by atoms with van der Waals surface area (Å²) in [5.74, 6) is 0.549. The SMILES string of the molecule is O=COCCCCl.c1ccncc1. The molecule has 0 bridgehead atoms. The summed E-state index contributed by atoms with van der Waals surface area (Å²) in [7, 11) is 0. The highest BCUT2D eigenvalue weighted by Gasteiger charge is 1.79. The first-order valence-electron chi connectivity index (χ1n) is 3.88. The molecule has 0 radical (unpaired) electrons. The molecule has 0 aliphatic carbocycles. The van der Waals surface area contributed by atoms with Gasteiger partial charge < -0.3 is 4.74 Å². The molecule has 72 valence electrons. The average Bonchev–Trinajstić information content (AvgIpc) is 2.22. The zero-order chi connectivity index (χ0) is 9.78. The first-order valence-corrected chi connectivity index (χ1v) is 4.41. The number of rotatable bonds is 4. The third-order valence-corrected chi connectivity index (χ3v) is 1.30. The number of ether oxygens (including phenoxy) is 1. The lowest BCUT2D eigenvalue weighted by molar-refractivity contribution is -0.128. The van der Waals surface area contributed by atoms with E-state index in [4.69, 9.17) is 11.6 Å². The van der Waals surface area contributed by atoms with E-state index < -0.39 is 0 Å². The number of carbonyl (C=O) groups is 1. The van der Waals surface area contributed by atoms with Crippen molar-refractivity contribution in [2.75, 3.05) is 12.5 Å². The minimum Gasteiger partial charge on any atom is -0.468 e. The van der Waals surface area contributed by atoms with Gasteiger partial charge >= 0.3 is 0 Å². The molecule has 1 rings (SSSR count). The Bertz CT molecular complexity index is 167. The topological polar surface area (TPSA) is 39.2 Å². The predicted molar refractivity (Wildman–Crippen MR) is 51.6 cm³/mol. The number of alkyl halides is 1. The van der Waals surface area contributed by atoms with Crippen LogP contribution in [0.15, 0.2) is 30.6 Å². The Hall–Kier alpha value is -1.09. The maximum absolute atomic E-state index is 9.41. The van der Waals surface area contributed by atoms with Crippen molar-refractivity contribution >= 4 is 18.1 Å². The van der Waals surface area contributed by atoms with E-state index in [1.165, 1.54) is 0 Å². The van der Waals surface area contributed by atoms with Crippen LogP contribution in [0.3, 0.4) is 0 Å². The van der Waals surface area contributed by atoms with E-state index in [2.05, 4.69) is 9.72 Å². The van der Waals surface area contributed by atoms with Crippen LogP contribution in [0.1, 0.15) is 6.42 Å². The van der Waals surface area contributed by atoms with Crippen molar-refractivity contribution in [3.63, 3.8) is 0 Å². The molecule has 0 saturated carbocycles. The second kappa shape index (κ2) is 10.9. The van der Waals surface area contributed by atoms with Gasteiger partial charge in [-0.25, -0.2) is 0 Å². The number of hydrogen-bond acceptors (Lipinski definition) is 3. The van der Waals surface area contributed by atoms with Gasteiger partial charge in [0.1, 0.15) is 0 Å². The lowest BCUT2D eigenvalue weighted by Crippen LogP contribution is -1.90. The van der Waals surface area contributed by atoms with Crippen LogP contribution < -0.4 is 0 Å². The Balaban J connectivity index is 0.000000223. The predicted octanol–water partition coefficient (Wildman–Crippen LogP) is 1.87. The lowest BCUT2D eigenvalue weighted by Gasteiger charge is -1.89. The van der Waals surface area contributed by atoms with Crippen molar-refractivity contribution in [3.05, 3.63) is 30.6 Å². The normalized spacial score (nSPS) is 8.08. The second-order valence-corrected chi connectivity index (χ2v) is 2.41. The molecule has 0 N–H and O–H groups in total. The van der Waals surface area contributed by atoms with Gasteiger partial charge in [-0.2, -0.15) is 0 Å². The molecule has 13 heavy (non-hydrogen) atoms. The van der Waals surface area contributed by atoms with E-state index >= 15 is 0 Å². The van der Waals surface area contributed by atoms with Gasteiger partial charge in [-0.05, 0) is 18.6 Å². The Morgan fingerprint density at radius 1 is 1.31 bits per heavy atom. The van der Waals surface area contributed by atoms with Crippen LogP contribution >= 0.6 is 11.6 Å². The van der Waals surface area contributed by atoms with Crippen molar-refractivity contribution in [2.24, 2.45) is 0 Å². The van der Waals surface area contributed by atoms with Gasteiger partial charge in [0, 0.05) is 18.3 Å². The Kier molecular flexibility index (Phi) is 10.00. The van der Waals surface area contributed by atoms with Crippen LogP contribution in [0, 0.1) is 0 Å². The van der Waals surface area contributed by atoms with Gasteiger partial charge in [0.25, 0.3) is 6.47 Å². The first-order chi connectivity index (χ1) is 6.41. The molecule has 0 unspecified atom stereocenters. The van der Waals surface area contributed by atoms with Crippen molar-refractivity contribution in [1.82, 2.24) is 4.98 Å². The Morgan fingerprint density at radius 2 is 2.00 bits per heavy atom. The van der Waals surface area contributed by atoms with Gasteiger partial charge in [0.15, 0.2) is 0 Å². The first kappa shape index (κ1) is 11.9. The molecule has 0 amide bonds. The zero-order valence-electron chi connectivity index (χ0n) is 7.23. The minimum atomic E-state index is 0.423.